The van der Waals surface area contributed by atoms with Crippen molar-refractivity contribution in [2.24, 2.45) is 10.7 Å². The van der Waals surface area contributed by atoms with Gasteiger partial charge >= 0.3 is 0 Å². The predicted molar refractivity (Wildman–Crippen MR) is 223 cm³/mol. The summed E-state index contributed by atoms with van der Waals surface area (Å²) >= 11 is 0. The van der Waals surface area contributed by atoms with Crippen molar-refractivity contribution in [3.05, 3.63) is 125 Å². The fraction of sp³-hybridized carbons (Fsp3) is 0.400. The summed E-state index contributed by atoms with van der Waals surface area (Å²) < 4.78 is 13.9. The number of rotatable bonds is 12. The van der Waals surface area contributed by atoms with Crippen LogP contribution in [0.4, 0.5) is 4.39 Å². The summed E-state index contributed by atoms with van der Waals surface area (Å²) in [6, 6.07) is 17.6. The van der Waals surface area contributed by atoms with Gasteiger partial charge in [-0.15, -0.1) is 0 Å². The molecule has 2 aliphatic rings. The second-order valence-electron chi connectivity index (χ2n) is 13.1. The van der Waals surface area contributed by atoms with E-state index < -0.39 is 0 Å². The number of benzene rings is 2. The van der Waals surface area contributed by atoms with Gasteiger partial charge in [-0.05, 0) is 124 Å². The van der Waals surface area contributed by atoms with Gasteiger partial charge in [0.1, 0.15) is 11.5 Å². The van der Waals surface area contributed by atoms with Crippen LogP contribution in [-0.4, -0.2) is 43.3 Å². The van der Waals surface area contributed by atoms with E-state index in [1.165, 1.54) is 25.1 Å². The number of nitrogens with one attached hydrogen (secondary N) is 3. The SMILES string of the molecule is C=Cc1ccccc1CNC(=O)C=CCC.CCCC.CNC(C)C#Cc1ncccc1C.CNC1(c2cc(F)cc(/C(C=NC3CC3)=C/N)c2)CC1. The molecule has 2 saturated carbocycles. The quantitative estimate of drug-likeness (QED) is 0.0853. The zero-order valence-electron chi connectivity index (χ0n) is 32.9. The molecule has 53 heavy (non-hydrogen) atoms. The number of unbranched alkanes of at least 4 members (excludes halogenated alkanes) is 1. The van der Waals surface area contributed by atoms with E-state index in [0.717, 1.165) is 71.2 Å². The van der Waals surface area contributed by atoms with Crippen molar-refractivity contribution in [3.8, 4) is 11.8 Å². The molecule has 1 aromatic heterocycles. The third-order valence-electron chi connectivity index (χ3n) is 8.75. The maximum Gasteiger partial charge on any atom is 0.243 e. The van der Waals surface area contributed by atoms with Crippen molar-refractivity contribution in [2.75, 3.05) is 14.1 Å². The van der Waals surface area contributed by atoms with Crippen molar-refractivity contribution < 1.29 is 9.18 Å². The van der Waals surface area contributed by atoms with Crippen LogP contribution in [-0.2, 0) is 16.9 Å². The number of nitrogens with two attached hydrogens (primary N) is 1. The molecule has 1 atom stereocenters. The van der Waals surface area contributed by atoms with Crippen LogP contribution in [0.2, 0.25) is 0 Å². The maximum atomic E-state index is 13.9. The van der Waals surface area contributed by atoms with Crippen molar-refractivity contribution in [2.45, 2.75) is 104 Å². The molecular formula is C45H61FN6O. The molecule has 0 radical (unpaired) electrons. The fourth-order valence-electron chi connectivity index (χ4n) is 4.69. The molecule has 1 heterocycles. The van der Waals surface area contributed by atoms with Crippen LogP contribution in [0.5, 0.6) is 0 Å². The van der Waals surface area contributed by atoms with E-state index >= 15 is 0 Å². The zero-order valence-corrected chi connectivity index (χ0v) is 32.9. The van der Waals surface area contributed by atoms with Gasteiger partial charge in [0.05, 0.1) is 12.1 Å². The smallest absolute Gasteiger partial charge is 0.243 e. The van der Waals surface area contributed by atoms with E-state index in [1.54, 1.807) is 30.6 Å². The second-order valence-corrected chi connectivity index (χ2v) is 13.1. The molecular weight excluding hydrogens is 660 g/mol. The highest BCUT2D eigenvalue weighted by atomic mass is 19.1. The molecule has 284 valence electrons. The lowest BCUT2D eigenvalue weighted by Gasteiger charge is -2.16. The Balaban J connectivity index is 0.000000267. The number of aliphatic imine (C=N–C) groups is 1. The summed E-state index contributed by atoms with van der Waals surface area (Å²) in [5, 5.41) is 9.18. The van der Waals surface area contributed by atoms with Crippen molar-refractivity contribution >= 4 is 23.8 Å². The molecule has 3 aromatic rings. The second kappa shape index (κ2) is 24.4. The number of pyridine rings is 1. The van der Waals surface area contributed by atoms with Gasteiger partial charge in [0.15, 0.2) is 0 Å². The van der Waals surface area contributed by atoms with Gasteiger partial charge in [-0.25, -0.2) is 9.37 Å². The van der Waals surface area contributed by atoms with E-state index in [2.05, 4.69) is 58.2 Å². The van der Waals surface area contributed by atoms with Gasteiger partial charge in [0.25, 0.3) is 0 Å². The largest absolute Gasteiger partial charge is 0.404 e. The minimum atomic E-state index is -0.224. The summed E-state index contributed by atoms with van der Waals surface area (Å²) in [5.41, 5.74) is 12.3. The molecule has 5 rings (SSSR count). The number of aromatic nitrogens is 1. The lowest BCUT2D eigenvalue weighted by molar-refractivity contribution is -0.116. The molecule has 1 amide bonds. The molecule has 0 saturated heterocycles. The molecule has 7 nitrogen and oxygen atoms in total. The minimum absolute atomic E-state index is 0.0514. The third kappa shape index (κ3) is 16.6. The van der Waals surface area contributed by atoms with Gasteiger partial charge in [-0.2, -0.15) is 0 Å². The van der Waals surface area contributed by atoms with Gasteiger partial charge in [-0.1, -0.05) is 88.6 Å². The Kier molecular flexibility index (Phi) is 20.4. The number of hydrogen-bond donors (Lipinski definition) is 4. The average molecular weight is 721 g/mol. The van der Waals surface area contributed by atoms with Crippen LogP contribution in [0.1, 0.15) is 106 Å². The maximum absolute atomic E-state index is 13.9. The van der Waals surface area contributed by atoms with E-state index in [0.29, 0.717) is 12.6 Å². The number of carbonyl (C=O) groups is 1. The molecule has 2 fully saturated rings. The zero-order chi connectivity index (χ0) is 39.1. The monoisotopic (exact) mass is 720 g/mol. The molecule has 8 heteroatoms. The summed E-state index contributed by atoms with van der Waals surface area (Å²) in [4.78, 5) is 20.0. The lowest BCUT2D eigenvalue weighted by Crippen LogP contribution is -2.24. The highest BCUT2D eigenvalue weighted by Crippen LogP contribution is 2.45. The summed E-state index contributed by atoms with van der Waals surface area (Å²) in [6.07, 6.45) is 18.1. The predicted octanol–water partition coefficient (Wildman–Crippen LogP) is 8.63. The first-order chi connectivity index (χ1) is 25.6. The molecule has 0 bridgehead atoms. The lowest BCUT2D eigenvalue weighted by atomic mass is 9.98. The standard InChI is InChI=1S/C16H20FN3.C14H17NO.C11H14N2.C4H10/c1-19-16(4-5-16)13-6-11(7-14(17)8-13)12(9-18)10-20-15-2-3-15;1-3-5-10-14(16)15-11-13-9-7-6-8-12(13)4-2;1-9-5-4-8-13-11(9)7-6-10(2)12-3;1-3-4-2/h6-10,15,19H,2-5,18H2,1H3;4-10H,2-3,11H2,1H3,(H,15,16);4-5,8,10,12H,1-3H3;3-4H2,1-2H3/b12-9+,20-10?;;;. The highest BCUT2D eigenvalue weighted by Gasteiger charge is 2.43. The molecule has 5 N–H and O–H groups in total. The van der Waals surface area contributed by atoms with E-state index in [9.17, 15) is 9.18 Å². The van der Waals surface area contributed by atoms with Gasteiger partial charge in [0, 0.05) is 36.3 Å². The average Bonchev–Trinajstić information content (AvgIpc) is 4.13. The van der Waals surface area contributed by atoms with Gasteiger partial charge < -0.3 is 21.7 Å². The first kappa shape index (κ1) is 44.3. The number of carbonyl (C=O) groups excluding carboxylic acids is 1. The van der Waals surface area contributed by atoms with E-state index in [-0.39, 0.29) is 23.3 Å². The van der Waals surface area contributed by atoms with Crippen LogP contribution in [0.3, 0.4) is 0 Å². The molecule has 1 unspecified atom stereocenters. The van der Waals surface area contributed by atoms with E-state index in [1.807, 2.05) is 83.4 Å². The Hall–Kier alpha value is -4.84. The summed E-state index contributed by atoms with van der Waals surface area (Å²) in [7, 11) is 3.82. The first-order valence-corrected chi connectivity index (χ1v) is 18.8. The third-order valence-corrected chi connectivity index (χ3v) is 8.75. The summed E-state index contributed by atoms with van der Waals surface area (Å²) in [5.74, 6) is 5.83. The number of halogens is 1. The Morgan fingerprint density at radius 2 is 1.83 bits per heavy atom. The molecule has 0 spiro atoms. The number of aryl methyl sites for hydroxylation is 1. The molecule has 0 aliphatic heterocycles. The Bertz CT molecular complexity index is 1720. The normalized spacial score (nSPS) is 14.6. The number of allylic oxidation sites excluding steroid dienone is 2. The number of nitrogens with zero attached hydrogens (tertiary/aromatic N) is 2. The molecule has 2 aliphatic carbocycles. The van der Waals surface area contributed by atoms with Crippen molar-refractivity contribution in [1.29, 1.82) is 0 Å². The van der Waals surface area contributed by atoms with Crippen molar-refractivity contribution in [3.63, 3.8) is 0 Å². The van der Waals surface area contributed by atoms with Crippen LogP contribution < -0.4 is 21.7 Å². The van der Waals surface area contributed by atoms with Crippen LogP contribution in [0, 0.1) is 24.6 Å². The highest BCUT2D eigenvalue weighted by molar-refractivity contribution is 6.09. The van der Waals surface area contributed by atoms with Crippen LogP contribution >= 0.6 is 0 Å². The van der Waals surface area contributed by atoms with Crippen molar-refractivity contribution in [1.82, 2.24) is 20.9 Å². The minimum Gasteiger partial charge on any atom is -0.404 e. The first-order valence-electron chi connectivity index (χ1n) is 18.8. The Morgan fingerprint density at radius 3 is 2.40 bits per heavy atom. The van der Waals surface area contributed by atoms with Crippen LogP contribution in [0.25, 0.3) is 11.6 Å². The Labute approximate surface area is 318 Å². The number of amides is 1. The fourth-order valence-corrected chi connectivity index (χ4v) is 4.69. The topological polar surface area (TPSA) is 104 Å². The van der Waals surface area contributed by atoms with Gasteiger partial charge in [0.2, 0.25) is 5.91 Å². The van der Waals surface area contributed by atoms with Crippen LogP contribution in [0.15, 0.2) is 90.7 Å². The summed E-state index contributed by atoms with van der Waals surface area (Å²) in [6.45, 7) is 14.7. The molecule has 2 aromatic carbocycles. The Morgan fingerprint density at radius 1 is 1.11 bits per heavy atom. The van der Waals surface area contributed by atoms with E-state index in [4.69, 9.17) is 5.73 Å². The van der Waals surface area contributed by atoms with Gasteiger partial charge in [-0.3, -0.25) is 9.79 Å². The number of hydrogen-bond acceptors (Lipinski definition) is 6.